The first-order chi connectivity index (χ1) is 10.8. The lowest BCUT2D eigenvalue weighted by Gasteiger charge is -2.25. The van der Waals surface area contributed by atoms with Crippen molar-refractivity contribution in [3.63, 3.8) is 0 Å². The zero-order chi connectivity index (χ0) is 16.8. The van der Waals surface area contributed by atoms with Gasteiger partial charge in [-0.05, 0) is 27.6 Å². The summed E-state index contributed by atoms with van der Waals surface area (Å²) in [5.74, 6) is -0.506. The molecular formula is C14H15BrF3N5. The first kappa shape index (κ1) is 16.1. The third-order valence-corrected chi connectivity index (χ3v) is 4.71. The van der Waals surface area contributed by atoms with Crippen LogP contribution in [0.1, 0.15) is 11.5 Å². The number of alkyl halides is 3. The van der Waals surface area contributed by atoms with Gasteiger partial charge in [0.2, 0.25) is 0 Å². The van der Waals surface area contributed by atoms with Gasteiger partial charge in [-0.15, -0.1) is 0 Å². The highest BCUT2D eigenvalue weighted by atomic mass is 79.9. The highest BCUT2D eigenvalue weighted by molar-refractivity contribution is 9.10. The van der Waals surface area contributed by atoms with E-state index in [2.05, 4.69) is 36.9 Å². The Morgan fingerprint density at radius 1 is 1.39 bits per heavy atom. The van der Waals surface area contributed by atoms with Crippen molar-refractivity contribution in [2.45, 2.75) is 18.4 Å². The van der Waals surface area contributed by atoms with Gasteiger partial charge in [0.05, 0.1) is 27.1 Å². The number of nitrogens with two attached hydrogens (primary N) is 1. The molecule has 2 atom stereocenters. The van der Waals surface area contributed by atoms with Gasteiger partial charge in [0.1, 0.15) is 0 Å². The molecule has 0 aromatic heterocycles. The van der Waals surface area contributed by atoms with E-state index in [0.29, 0.717) is 6.54 Å². The van der Waals surface area contributed by atoms with Crippen LogP contribution in [-0.2, 0) is 0 Å². The molecule has 9 heteroatoms. The van der Waals surface area contributed by atoms with E-state index in [4.69, 9.17) is 5.73 Å². The van der Waals surface area contributed by atoms with Crippen LogP contribution in [0, 0.1) is 0 Å². The van der Waals surface area contributed by atoms with E-state index in [9.17, 15) is 13.2 Å². The summed E-state index contributed by atoms with van der Waals surface area (Å²) in [6.45, 7) is 0.333. The van der Waals surface area contributed by atoms with Crippen molar-refractivity contribution in [1.82, 2.24) is 5.32 Å². The lowest BCUT2D eigenvalue weighted by Crippen LogP contribution is -2.41. The average molecular weight is 390 g/mol. The summed E-state index contributed by atoms with van der Waals surface area (Å²) in [5, 5.41) is 8.59. The predicted octanol–water partition coefficient (Wildman–Crippen LogP) is 2.73. The Labute approximate surface area is 139 Å². The number of anilines is 2. The summed E-state index contributed by atoms with van der Waals surface area (Å²) in [6, 6.07) is 3.63. The summed E-state index contributed by atoms with van der Waals surface area (Å²) < 4.78 is 40.6. The fourth-order valence-corrected chi connectivity index (χ4v) is 3.52. The summed E-state index contributed by atoms with van der Waals surface area (Å²) in [4.78, 5) is 4.01. The lowest BCUT2D eigenvalue weighted by molar-refractivity contribution is -0.0869. The molecule has 5 N–H and O–H groups in total. The van der Waals surface area contributed by atoms with Gasteiger partial charge in [-0.1, -0.05) is 6.07 Å². The standard InChI is InChI=1S/C14H15BrF3N5/c1-20-9-3-2-6-7(4-21-12(6)10(9)15)11-8(14(16,17)18)5-22-13(19)23-11/h2-3,5,7,13,20-22H,4,19H2,1H3. The van der Waals surface area contributed by atoms with Gasteiger partial charge in [0.25, 0.3) is 0 Å². The second kappa shape index (κ2) is 5.72. The van der Waals surface area contributed by atoms with Crippen LogP contribution < -0.4 is 21.7 Å². The summed E-state index contributed by atoms with van der Waals surface area (Å²) in [7, 11) is 1.78. The van der Waals surface area contributed by atoms with Crippen molar-refractivity contribution in [3.05, 3.63) is 33.9 Å². The van der Waals surface area contributed by atoms with Gasteiger partial charge in [-0.25, -0.2) is 4.99 Å². The maximum atomic E-state index is 13.3. The second-order valence-electron chi connectivity index (χ2n) is 5.26. The Hall–Kier alpha value is -1.74. The van der Waals surface area contributed by atoms with Crippen molar-refractivity contribution in [2.24, 2.45) is 10.7 Å². The van der Waals surface area contributed by atoms with Crippen LogP contribution in [0.25, 0.3) is 0 Å². The molecule has 5 nitrogen and oxygen atoms in total. The van der Waals surface area contributed by atoms with Gasteiger partial charge in [0, 0.05) is 25.7 Å². The van der Waals surface area contributed by atoms with Crippen LogP contribution in [0.15, 0.2) is 33.4 Å². The van der Waals surface area contributed by atoms with Crippen LogP contribution in [0.3, 0.4) is 0 Å². The molecule has 0 radical (unpaired) electrons. The summed E-state index contributed by atoms with van der Waals surface area (Å²) >= 11 is 3.47. The van der Waals surface area contributed by atoms with E-state index in [0.717, 1.165) is 27.6 Å². The number of halogens is 4. The quantitative estimate of drug-likeness (QED) is 0.627. The highest BCUT2D eigenvalue weighted by Crippen LogP contribution is 2.44. The monoisotopic (exact) mass is 389 g/mol. The van der Waals surface area contributed by atoms with Crippen LogP contribution in [0.5, 0.6) is 0 Å². The largest absolute Gasteiger partial charge is 0.419 e. The van der Waals surface area contributed by atoms with E-state index < -0.39 is 24.0 Å². The molecule has 2 heterocycles. The van der Waals surface area contributed by atoms with Gasteiger partial charge in [-0.3, -0.25) is 5.73 Å². The maximum absolute atomic E-state index is 13.3. The fraction of sp³-hybridized carbons (Fsp3) is 0.357. The molecule has 0 spiro atoms. The van der Waals surface area contributed by atoms with Gasteiger partial charge < -0.3 is 16.0 Å². The van der Waals surface area contributed by atoms with E-state index in [1.807, 2.05) is 6.07 Å². The fourth-order valence-electron chi connectivity index (χ4n) is 2.82. The van der Waals surface area contributed by atoms with Gasteiger partial charge in [0.15, 0.2) is 6.29 Å². The normalized spacial score (nSPS) is 23.4. The molecule has 0 saturated heterocycles. The second-order valence-corrected chi connectivity index (χ2v) is 6.05. The minimum atomic E-state index is -4.49. The number of hydrogen-bond donors (Lipinski definition) is 4. The smallest absolute Gasteiger partial charge is 0.387 e. The molecule has 0 bridgehead atoms. The average Bonchev–Trinajstić information content (AvgIpc) is 2.91. The molecule has 1 aromatic carbocycles. The first-order valence-electron chi connectivity index (χ1n) is 6.94. The third kappa shape index (κ3) is 2.78. The van der Waals surface area contributed by atoms with Crippen LogP contribution in [0.2, 0.25) is 0 Å². The molecule has 2 unspecified atom stereocenters. The number of rotatable bonds is 2. The highest BCUT2D eigenvalue weighted by Gasteiger charge is 2.43. The lowest BCUT2D eigenvalue weighted by atomic mass is 9.90. The molecule has 2 aliphatic rings. The van der Waals surface area contributed by atoms with Crippen molar-refractivity contribution in [3.8, 4) is 0 Å². The number of hydrogen-bond acceptors (Lipinski definition) is 5. The molecule has 0 fully saturated rings. The molecule has 2 aliphatic heterocycles. The molecule has 0 aliphatic carbocycles. The molecule has 0 amide bonds. The van der Waals surface area contributed by atoms with Crippen LogP contribution in [-0.4, -0.2) is 31.8 Å². The first-order valence-corrected chi connectivity index (χ1v) is 7.73. The van der Waals surface area contributed by atoms with Gasteiger partial charge >= 0.3 is 6.18 Å². The molecular weight excluding hydrogens is 375 g/mol. The molecule has 3 rings (SSSR count). The Morgan fingerprint density at radius 2 is 2.13 bits per heavy atom. The Kier molecular flexibility index (Phi) is 4.01. The van der Waals surface area contributed by atoms with E-state index >= 15 is 0 Å². The SMILES string of the molecule is CNc1ccc2c(c1Br)NCC2C1=NC(N)NC=C1C(F)(F)F. The summed E-state index contributed by atoms with van der Waals surface area (Å²) in [5.41, 5.74) is 7.21. The number of aliphatic imine (C=N–C) groups is 1. The predicted molar refractivity (Wildman–Crippen MR) is 87.6 cm³/mol. The molecule has 1 aromatic rings. The Morgan fingerprint density at radius 3 is 2.78 bits per heavy atom. The summed E-state index contributed by atoms with van der Waals surface area (Å²) in [6.07, 6.45) is -4.46. The zero-order valence-electron chi connectivity index (χ0n) is 12.1. The minimum absolute atomic E-state index is 0.0425. The number of benzene rings is 1. The topological polar surface area (TPSA) is 74.5 Å². The zero-order valence-corrected chi connectivity index (χ0v) is 13.7. The minimum Gasteiger partial charge on any atom is -0.387 e. The third-order valence-electron chi connectivity index (χ3n) is 3.89. The van der Waals surface area contributed by atoms with Gasteiger partial charge in [-0.2, -0.15) is 13.2 Å². The van der Waals surface area contributed by atoms with E-state index in [-0.39, 0.29) is 5.71 Å². The Bertz CT molecular complexity index is 698. The van der Waals surface area contributed by atoms with Crippen molar-refractivity contribution < 1.29 is 13.2 Å². The molecule has 124 valence electrons. The number of nitrogens with zero attached hydrogens (tertiary/aromatic N) is 1. The van der Waals surface area contributed by atoms with Crippen LogP contribution >= 0.6 is 15.9 Å². The van der Waals surface area contributed by atoms with Crippen molar-refractivity contribution in [2.75, 3.05) is 24.2 Å². The van der Waals surface area contributed by atoms with Crippen LogP contribution in [0.4, 0.5) is 24.5 Å². The number of nitrogens with one attached hydrogen (secondary N) is 3. The molecule has 23 heavy (non-hydrogen) atoms. The number of allylic oxidation sites excluding steroid dienone is 1. The van der Waals surface area contributed by atoms with Crippen molar-refractivity contribution in [1.29, 1.82) is 0 Å². The molecule has 0 saturated carbocycles. The maximum Gasteiger partial charge on any atom is 0.419 e. The van der Waals surface area contributed by atoms with E-state index in [1.54, 1.807) is 13.1 Å². The number of fused-ring (bicyclic) bond motifs is 1. The van der Waals surface area contributed by atoms with Crippen molar-refractivity contribution >= 4 is 33.0 Å². The van der Waals surface area contributed by atoms with E-state index in [1.165, 1.54) is 0 Å². The Balaban J connectivity index is 2.04.